The lowest BCUT2D eigenvalue weighted by molar-refractivity contribution is -0.145. The van der Waals surface area contributed by atoms with Gasteiger partial charge in [-0.25, -0.2) is 0 Å². The number of hydrogen-bond acceptors (Lipinski definition) is 4. The number of nitrogens with one attached hydrogen (secondary N) is 1. The average Bonchev–Trinajstić information content (AvgIpc) is 2.57. The van der Waals surface area contributed by atoms with Crippen molar-refractivity contribution in [2.75, 3.05) is 32.9 Å². The summed E-state index contributed by atoms with van der Waals surface area (Å²) in [6, 6.07) is 10.4. The van der Waals surface area contributed by atoms with Crippen molar-refractivity contribution < 1.29 is 14.3 Å². The van der Waals surface area contributed by atoms with Crippen LogP contribution in [0, 0.1) is 0 Å². The van der Waals surface area contributed by atoms with Crippen LogP contribution in [-0.4, -0.2) is 55.8 Å². The van der Waals surface area contributed by atoms with Crippen molar-refractivity contribution in [3.05, 3.63) is 35.9 Å². The summed E-state index contributed by atoms with van der Waals surface area (Å²) in [4.78, 5) is 14.6. The summed E-state index contributed by atoms with van der Waals surface area (Å²) in [5.41, 5.74) is 1.13. The molecule has 0 aromatic heterocycles. The van der Waals surface area contributed by atoms with Crippen LogP contribution in [0.25, 0.3) is 0 Å². The molecule has 0 spiro atoms. The predicted octanol–water partition coefficient (Wildman–Crippen LogP) is 1.35. The second kappa shape index (κ2) is 7.22. The molecule has 0 saturated carbocycles. The van der Waals surface area contributed by atoms with Crippen LogP contribution in [0.15, 0.2) is 30.3 Å². The molecule has 2 aliphatic rings. The number of carbonyl (C=O) groups excluding carboxylic acids is 1. The second-order valence-electron chi connectivity index (χ2n) is 6.06. The fourth-order valence-corrected chi connectivity index (χ4v) is 3.05. The molecule has 2 aliphatic heterocycles. The van der Waals surface area contributed by atoms with Gasteiger partial charge in [0.1, 0.15) is 6.10 Å². The average molecular weight is 304 g/mol. The molecule has 5 heteroatoms. The summed E-state index contributed by atoms with van der Waals surface area (Å²) < 4.78 is 11.3. The molecular formula is C17H24N2O3. The fraction of sp³-hybridized carbons (Fsp3) is 0.588. The Hall–Kier alpha value is -1.43. The van der Waals surface area contributed by atoms with Gasteiger partial charge in [-0.2, -0.15) is 0 Å². The van der Waals surface area contributed by atoms with Gasteiger partial charge in [0, 0.05) is 19.0 Å². The Morgan fingerprint density at radius 1 is 1.32 bits per heavy atom. The number of benzene rings is 1. The van der Waals surface area contributed by atoms with Crippen LogP contribution in [-0.2, 0) is 14.3 Å². The largest absolute Gasteiger partial charge is 0.378 e. The van der Waals surface area contributed by atoms with Crippen LogP contribution < -0.4 is 5.32 Å². The summed E-state index contributed by atoms with van der Waals surface area (Å²) in [6.07, 6.45) is 0.461. The van der Waals surface area contributed by atoms with Crippen molar-refractivity contribution in [3.63, 3.8) is 0 Å². The highest BCUT2D eigenvalue weighted by Crippen LogP contribution is 2.25. The number of nitrogens with zero attached hydrogens (tertiary/aromatic N) is 1. The molecule has 5 nitrogen and oxygen atoms in total. The fourth-order valence-electron chi connectivity index (χ4n) is 3.05. The molecule has 1 aromatic rings. The first-order chi connectivity index (χ1) is 10.7. The van der Waals surface area contributed by atoms with E-state index in [1.54, 1.807) is 0 Å². The zero-order valence-corrected chi connectivity index (χ0v) is 13.0. The molecule has 3 unspecified atom stereocenters. The molecule has 1 amide bonds. The van der Waals surface area contributed by atoms with Crippen molar-refractivity contribution in [3.8, 4) is 0 Å². The molecule has 3 rings (SSSR count). The van der Waals surface area contributed by atoms with Gasteiger partial charge in [0.15, 0.2) is 0 Å². The molecule has 0 bridgehead atoms. The van der Waals surface area contributed by atoms with E-state index in [4.69, 9.17) is 9.47 Å². The van der Waals surface area contributed by atoms with Gasteiger partial charge < -0.3 is 19.7 Å². The van der Waals surface area contributed by atoms with E-state index in [-0.39, 0.29) is 24.1 Å². The molecule has 3 atom stereocenters. The van der Waals surface area contributed by atoms with E-state index < -0.39 is 0 Å². The lowest BCUT2D eigenvalue weighted by Crippen LogP contribution is -2.51. The molecule has 0 aliphatic carbocycles. The van der Waals surface area contributed by atoms with Gasteiger partial charge in [0.05, 0.1) is 32.4 Å². The first-order valence-corrected chi connectivity index (χ1v) is 8.01. The Morgan fingerprint density at radius 2 is 2.14 bits per heavy atom. The third kappa shape index (κ3) is 3.66. The summed E-state index contributed by atoms with van der Waals surface area (Å²) >= 11 is 0. The molecule has 2 heterocycles. The standard InChI is InChI=1S/C17H24N2O3/c1-13-11-22-16(14-5-3-2-4-6-14)10-19(13)17(20)9-15-12-21-8-7-18-15/h2-6,13,15-16,18H,7-12H2,1H3. The highest BCUT2D eigenvalue weighted by molar-refractivity contribution is 5.77. The van der Waals surface area contributed by atoms with E-state index in [1.807, 2.05) is 30.0 Å². The quantitative estimate of drug-likeness (QED) is 0.916. The maximum atomic E-state index is 12.6. The molecule has 22 heavy (non-hydrogen) atoms. The van der Waals surface area contributed by atoms with Gasteiger partial charge in [-0.1, -0.05) is 30.3 Å². The van der Waals surface area contributed by atoms with Gasteiger partial charge >= 0.3 is 0 Å². The number of ether oxygens (including phenoxy) is 2. The summed E-state index contributed by atoms with van der Waals surface area (Å²) in [7, 11) is 0. The Bertz CT molecular complexity index is 488. The Morgan fingerprint density at radius 3 is 2.86 bits per heavy atom. The number of carbonyl (C=O) groups is 1. The van der Waals surface area contributed by atoms with Crippen molar-refractivity contribution >= 4 is 5.91 Å². The Kier molecular flexibility index (Phi) is 5.08. The zero-order chi connectivity index (χ0) is 15.4. The van der Waals surface area contributed by atoms with Gasteiger partial charge in [0.2, 0.25) is 5.91 Å². The van der Waals surface area contributed by atoms with E-state index >= 15 is 0 Å². The van der Waals surface area contributed by atoms with Crippen LogP contribution in [0.1, 0.15) is 25.0 Å². The van der Waals surface area contributed by atoms with Gasteiger partial charge in [-0.05, 0) is 12.5 Å². The highest BCUT2D eigenvalue weighted by Gasteiger charge is 2.31. The Balaban J connectivity index is 1.62. The summed E-state index contributed by atoms with van der Waals surface area (Å²) in [6.45, 7) is 5.42. The molecule has 120 valence electrons. The van der Waals surface area contributed by atoms with E-state index in [0.29, 0.717) is 26.2 Å². The topological polar surface area (TPSA) is 50.8 Å². The van der Waals surface area contributed by atoms with Crippen LogP contribution in [0.4, 0.5) is 0 Å². The number of morpholine rings is 2. The van der Waals surface area contributed by atoms with Crippen LogP contribution in [0.2, 0.25) is 0 Å². The first kappa shape index (κ1) is 15.5. The number of amides is 1. The zero-order valence-electron chi connectivity index (χ0n) is 13.0. The molecule has 2 saturated heterocycles. The third-order valence-electron chi connectivity index (χ3n) is 4.34. The SMILES string of the molecule is CC1COC(c2ccccc2)CN1C(=O)CC1COCCN1. The number of hydrogen-bond donors (Lipinski definition) is 1. The second-order valence-corrected chi connectivity index (χ2v) is 6.06. The smallest absolute Gasteiger partial charge is 0.224 e. The molecule has 2 fully saturated rings. The van der Waals surface area contributed by atoms with Crippen LogP contribution in [0.5, 0.6) is 0 Å². The maximum Gasteiger partial charge on any atom is 0.224 e. The van der Waals surface area contributed by atoms with Crippen molar-refractivity contribution in [1.29, 1.82) is 0 Å². The monoisotopic (exact) mass is 304 g/mol. The van der Waals surface area contributed by atoms with E-state index in [9.17, 15) is 4.79 Å². The lowest BCUT2D eigenvalue weighted by Gasteiger charge is -2.39. The predicted molar refractivity (Wildman–Crippen MR) is 83.5 cm³/mol. The van der Waals surface area contributed by atoms with Crippen molar-refractivity contribution in [2.24, 2.45) is 0 Å². The van der Waals surface area contributed by atoms with Crippen LogP contribution >= 0.6 is 0 Å². The minimum absolute atomic E-state index is 0.0306. The molecule has 1 N–H and O–H groups in total. The van der Waals surface area contributed by atoms with E-state index in [0.717, 1.165) is 18.7 Å². The lowest BCUT2D eigenvalue weighted by atomic mass is 10.0. The van der Waals surface area contributed by atoms with Gasteiger partial charge in [-0.3, -0.25) is 4.79 Å². The normalized spacial score (nSPS) is 29.3. The third-order valence-corrected chi connectivity index (χ3v) is 4.34. The maximum absolute atomic E-state index is 12.6. The van der Waals surface area contributed by atoms with E-state index in [2.05, 4.69) is 17.4 Å². The molecular weight excluding hydrogens is 280 g/mol. The Labute approximate surface area is 131 Å². The minimum atomic E-state index is -0.0306. The van der Waals surface area contributed by atoms with Crippen LogP contribution in [0.3, 0.4) is 0 Å². The number of rotatable bonds is 3. The van der Waals surface area contributed by atoms with Gasteiger partial charge in [0.25, 0.3) is 0 Å². The van der Waals surface area contributed by atoms with Crippen molar-refractivity contribution in [1.82, 2.24) is 10.2 Å². The summed E-state index contributed by atoms with van der Waals surface area (Å²) in [5.74, 6) is 0.180. The summed E-state index contributed by atoms with van der Waals surface area (Å²) in [5, 5.41) is 3.34. The first-order valence-electron chi connectivity index (χ1n) is 8.01. The van der Waals surface area contributed by atoms with E-state index in [1.165, 1.54) is 0 Å². The molecule has 1 aromatic carbocycles. The molecule has 0 radical (unpaired) electrons. The van der Waals surface area contributed by atoms with Crippen molar-refractivity contribution in [2.45, 2.75) is 31.5 Å². The minimum Gasteiger partial charge on any atom is -0.378 e. The van der Waals surface area contributed by atoms with Gasteiger partial charge in [-0.15, -0.1) is 0 Å². The highest BCUT2D eigenvalue weighted by atomic mass is 16.5.